The Labute approximate surface area is 453 Å². The molecule has 0 amide bonds. The van der Waals surface area contributed by atoms with E-state index in [9.17, 15) is 14.4 Å². The largest absolute Gasteiger partial charge is 0.462 e. The van der Waals surface area contributed by atoms with Gasteiger partial charge in [0.15, 0.2) is 6.10 Å². The number of unbranched alkanes of at least 4 members (excludes halogenated alkanes) is 37. The molecule has 0 aliphatic heterocycles. The summed E-state index contributed by atoms with van der Waals surface area (Å²) in [6.45, 7) is 6.50. The van der Waals surface area contributed by atoms with E-state index in [-0.39, 0.29) is 31.1 Å². The zero-order chi connectivity index (χ0) is 52.9. The second kappa shape index (κ2) is 61.7. The van der Waals surface area contributed by atoms with Gasteiger partial charge in [-0.1, -0.05) is 293 Å². The Morgan fingerprint density at radius 3 is 0.890 bits per heavy atom. The van der Waals surface area contributed by atoms with Gasteiger partial charge in [0.25, 0.3) is 0 Å². The zero-order valence-corrected chi connectivity index (χ0v) is 48.7. The third kappa shape index (κ3) is 59.9. The molecule has 73 heavy (non-hydrogen) atoms. The lowest BCUT2D eigenvalue weighted by Gasteiger charge is -2.18. The van der Waals surface area contributed by atoms with Gasteiger partial charge in [-0.15, -0.1) is 0 Å². The van der Waals surface area contributed by atoms with Crippen molar-refractivity contribution in [3.8, 4) is 0 Å². The van der Waals surface area contributed by atoms with Crippen molar-refractivity contribution in [1.82, 2.24) is 0 Å². The zero-order valence-electron chi connectivity index (χ0n) is 48.7. The molecule has 0 aliphatic rings. The van der Waals surface area contributed by atoms with E-state index in [2.05, 4.69) is 81.5 Å². The number of rotatable bonds is 58. The summed E-state index contributed by atoms with van der Waals surface area (Å²) in [6, 6.07) is 0. The highest BCUT2D eigenvalue weighted by atomic mass is 16.6. The number of carbonyl (C=O) groups is 3. The standard InChI is InChI=1S/C67H120O6/c1-4-7-10-13-16-19-22-24-26-28-29-30-31-32-33-34-35-36-37-39-40-42-45-48-51-54-57-60-66(69)72-63-64(62-71-65(68)59-56-53-50-47-44-21-18-15-12-9-6-3)73-67(70)61-58-55-52-49-46-43-41-38-27-25-23-20-17-14-11-8-5-2/h8,11,15,17-18,20,25,27,41,43,64H,4-7,9-10,12-14,16,19,21-24,26,28-40,42,44-63H2,1-3H3/b11-8-,18-15-,20-17-,27-25-,43-41-. The topological polar surface area (TPSA) is 78.9 Å². The van der Waals surface area contributed by atoms with Gasteiger partial charge in [-0.3, -0.25) is 14.4 Å². The first-order valence-electron chi connectivity index (χ1n) is 31.8. The van der Waals surface area contributed by atoms with Gasteiger partial charge in [0, 0.05) is 19.3 Å². The maximum atomic E-state index is 12.9. The van der Waals surface area contributed by atoms with Crippen LogP contribution in [0.2, 0.25) is 0 Å². The third-order valence-corrected chi connectivity index (χ3v) is 14.0. The lowest BCUT2D eigenvalue weighted by Crippen LogP contribution is -2.30. The van der Waals surface area contributed by atoms with Crippen molar-refractivity contribution in [1.29, 1.82) is 0 Å². The average molecular weight is 1020 g/mol. The quantitative estimate of drug-likeness (QED) is 0.0261. The fourth-order valence-electron chi connectivity index (χ4n) is 9.24. The van der Waals surface area contributed by atoms with Crippen LogP contribution in [-0.2, 0) is 28.6 Å². The first-order valence-corrected chi connectivity index (χ1v) is 31.8. The highest BCUT2D eigenvalue weighted by molar-refractivity contribution is 5.71. The first-order chi connectivity index (χ1) is 36.0. The molecule has 0 bridgehead atoms. The SMILES string of the molecule is CC/C=C\C/C=C\C/C=C\C/C=C\CCCCCCC(=O)OC(COC(=O)CCCCCCC/C=C\CCCC)COC(=O)CCCCCCCCCCCCCCCCCCCCCCCCCCCCC. The van der Waals surface area contributed by atoms with Crippen LogP contribution in [0.3, 0.4) is 0 Å². The van der Waals surface area contributed by atoms with Crippen LogP contribution in [-0.4, -0.2) is 37.2 Å². The molecule has 1 atom stereocenters. The fraction of sp³-hybridized carbons (Fsp3) is 0.806. The van der Waals surface area contributed by atoms with Gasteiger partial charge in [-0.05, 0) is 77.0 Å². The van der Waals surface area contributed by atoms with Crippen molar-refractivity contribution in [3.63, 3.8) is 0 Å². The summed E-state index contributed by atoms with van der Waals surface area (Å²) >= 11 is 0. The van der Waals surface area contributed by atoms with E-state index < -0.39 is 6.10 Å². The smallest absolute Gasteiger partial charge is 0.306 e. The Bertz CT molecular complexity index is 1310. The van der Waals surface area contributed by atoms with Crippen molar-refractivity contribution >= 4 is 17.9 Å². The summed E-state index contributed by atoms with van der Waals surface area (Å²) in [5.74, 6) is -0.904. The molecule has 0 rings (SSSR count). The molecule has 424 valence electrons. The molecule has 0 aromatic rings. The number of hydrogen-bond acceptors (Lipinski definition) is 6. The van der Waals surface area contributed by atoms with Gasteiger partial charge in [0.2, 0.25) is 0 Å². The number of carbonyl (C=O) groups excluding carboxylic acids is 3. The molecule has 0 aliphatic carbocycles. The minimum atomic E-state index is -0.789. The van der Waals surface area contributed by atoms with E-state index in [1.54, 1.807) is 0 Å². The first kappa shape index (κ1) is 70.1. The fourth-order valence-corrected chi connectivity index (χ4v) is 9.24. The van der Waals surface area contributed by atoms with E-state index >= 15 is 0 Å². The normalized spacial score (nSPS) is 12.4. The minimum absolute atomic E-state index is 0.0842. The molecule has 6 nitrogen and oxygen atoms in total. The van der Waals surface area contributed by atoms with Crippen LogP contribution >= 0.6 is 0 Å². The molecule has 0 fully saturated rings. The summed E-state index contributed by atoms with van der Waals surface area (Å²) in [6.07, 6.45) is 78.2. The van der Waals surface area contributed by atoms with Gasteiger partial charge >= 0.3 is 17.9 Å². The summed E-state index contributed by atoms with van der Waals surface area (Å²) in [4.78, 5) is 38.2. The molecule has 0 aromatic carbocycles. The van der Waals surface area contributed by atoms with Crippen LogP contribution in [0.25, 0.3) is 0 Å². The van der Waals surface area contributed by atoms with Gasteiger partial charge < -0.3 is 14.2 Å². The highest BCUT2D eigenvalue weighted by Gasteiger charge is 2.19. The monoisotopic (exact) mass is 1020 g/mol. The Hall–Kier alpha value is -2.89. The van der Waals surface area contributed by atoms with Crippen molar-refractivity contribution in [3.05, 3.63) is 60.8 Å². The van der Waals surface area contributed by atoms with Crippen molar-refractivity contribution in [2.24, 2.45) is 0 Å². The Morgan fingerprint density at radius 2 is 0.548 bits per heavy atom. The Morgan fingerprint density at radius 1 is 0.288 bits per heavy atom. The van der Waals surface area contributed by atoms with Crippen molar-refractivity contribution in [2.45, 2.75) is 335 Å². The summed E-state index contributed by atoms with van der Waals surface area (Å²) in [5, 5.41) is 0. The van der Waals surface area contributed by atoms with Gasteiger partial charge in [-0.25, -0.2) is 0 Å². The third-order valence-electron chi connectivity index (χ3n) is 14.0. The average Bonchev–Trinajstić information content (AvgIpc) is 3.39. The van der Waals surface area contributed by atoms with Gasteiger partial charge in [0.1, 0.15) is 13.2 Å². The molecule has 0 radical (unpaired) electrons. The molecule has 6 heteroatoms. The number of hydrogen-bond donors (Lipinski definition) is 0. The summed E-state index contributed by atoms with van der Waals surface area (Å²) < 4.78 is 16.9. The molecular formula is C67H120O6. The van der Waals surface area contributed by atoms with Crippen molar-refractivity contribution in [2.75, 3.05) is 13.2 Å². The van der Waals surface area contributed by atoms with E-state index in [0.717, 1.165) is 103 Å². The lowest BCUT2D eigenvalue weighted by molar-refractivity contribution is -0.167. The Balaban J connectivity index is 4.20. The molecule has 0 N–H and O–H groups in total. The second-order valence-electron chi connectivity index (χ2n) is 21.3. The van der Waals surface area contributed by atoms with Crippen molar-refractivity contribution < 1.29 is 28.6 Å². The molecule has 0 heterocycles. The summed E-state index contributed by atoms with van der Waals surface area (Å²) in [5.41, 5.74) is 0. The van der Waals surface area contributed by atoms with Gasteiger partial charge in [0.05, 0.1) is 0 Å². The lowest BCUT2D eigenvalue weighted by atomic mass is 10.0. The molecular weight excluding hydrogens is 901 g/mol. The van der Waals surface area contributed by atoms with Crippen LogP contribution in [0.15, 0.2) is 60.8 Å². The van der Waals surface area contributed by atoms with E-state index in [1.807, 2.05) is 0 Å². The maximum Gasteiger partial charge on any atom is 0.306 e. The summed E-state index contributed by atoms with van der Waals surface area (Å²) in [7, 11) is 0. The predicted molar refractivity (Wildman–Crippen MR) is 316 cm³/mol. The highest BCUT2D eigenvalue weighted by Crippen LogP contribution is 2.17. The van der Waals surface area contributed by atoms with E-state index in [0.29, 0.717) is 19.3 Å². The van der Waals surface area contributed by atoms with E-state index in [4.69, 9.17) is 14.2 Å². The van der Waals surface area contributed by atoms with Gasteiger partial charge in [-0.2, -0.15) is 0 Å². The van der Waals surface area contributed by atoms with Crippen LogP contribution in [0, 0.1) is 0 Å². The molecule has 0 spiro atoms. The van der Waals surface area contributed by atoms with E-state index in [1.165, 1.54) is 186 Å². The maximum absolute atomic E-state index is 12.9. The number of allylic oxidation sites excluding steroid dienone is 10. The predicted octanol–water partition coefficient (Wildman–Crippen LogP) is 21.6. The molecule has 1 unspecified atom stereocenters. The Kier molecular flexibility index (Phi) is 59.2. The number of ether oxygens (including phenoxy) is 3. The van der Waals surface area contributed by atoms with Crippen LogP contribution < -0.4 is 0 Å². The van der Waals surface area contributed by atoms with Crippen LogP contribution in [0.1, 0.15) is 329 Å². The van der Waals surface area contributed by atoms with Crippen LogP contribution in [0.5, 0.6) is 0 Å². The second-order valence-corrected chi connectivity index (χ2v) is 21.3. The molecule has 0 aromatic heterocycles. The molecule has 0 saturated heterocycles. The molecule has 0 saturated carbocycles. The number of esters is 3. The minimum Gasteiger partial charge on any atom is -0.462 e. The van der Waals surface area contributed by atoms with Crippen LogP contribution in [0.4, 0.5) is 0 Å².